The first-order chi connectivity index (χ1) is 13.8. The minimum absolute atomic E-state index is 0.142. The van der Waals surface area contributed by atoms with Gasteiger partial charge in [0.25, 0.3) is 0 Å². The molecule has 0 atom stereocenters. The molecular weight excluding hydrogens is 426 g/mol. The number of aliphatic hydroxyl groups is 1. The summed E-state index contributed by atoms with van der Waals surface area (Å²) in [6, 6.07) is 7.10. The maximum atomic E-state index is 13.5. The molecule has 0 unspecified atom stereocenters. The molecule has 1 fully saturated rings. The van der Waals surface area contributed by atoms with Gasteiger partial charge in [-0.05, 0) is 36.8 Å². The van der Waals surface area contributed by atoms with E-state index in [9.17, 15) is 31.1 Å². The Labute approximate surface area is 170 Å². The number of alkyl halides is 3. The highest BCUT2D eigenvalue weighted by Crippen LogP contribution is 2.47. The average Bonchev–Trinajstić information content (AvgIpc) is 2.64. The van der Waals surface area contributed by atoms with Crippen molar-refractivity contribution in [3.05, 3.63) is 47.4 Å². The lowest BCUT2D eigenvalue weighted by atomic mass is 9.75. The molecule has 0 radical (unpaired) electrons. The monoisotopic (exact) mass is 443 g/mol. The van der Waals surface area contributed by atoms with Crippen molar-refractivity contribution in [1.82, 2.24) is 9.29 Å². The summed E-state index contributed by atoms with van der Waals surface area (Å²) in [5.74, 6) is -0.779. The summed E-state index contributed by atoms with van der Waals surface area (Å²) in [6.07, 6.45) is -6.30. The second-order valence-corrected chi connectivity index (χ2v) is 9.23. The van der Waals surface area contributed by atoms with Crippen LogP contribution in [0.15, 0.2) is 35.2 Å². The number of sulfonamides is 1. The standard InChI is InChI=1S/C19H17F4N3O3S/c1-11-7-13(3-4-14(11)16-6-5-15(20)17(10-24)25-16)30(28,29)26(2)12-8-18(27,9-12)19(21,22)23/h3-7,12,27H,8-9H2,1-2H3/t12-,18+. The van der Waals surface area contributed by atoms with Crippen molar-refractivity contribution >= 4 is 10.0 Å². The van der Waals surface area contributed by atoms with Crippen LogP contribution in [0.1, 0.15) is 24.1 Å². The fourth-order valence-electron chi connectivity index (χ4n) is 3.33. The zero-order valence-corrected chi connectivity index (χ0v) is 16.7. The van der Waals surface area contributed by atoms with Crippen LogP contribution in [0.3, 0.4) is 0 Å². The van der Waals surface area contributed by atoms with Gasteiger partial charge in [-0.2, -0.15) is 22.7 Å². The van der Waals surface area contributed by atoms with Crippen LogP contribution in [0.2, 0.25) is 0 Å². The summed E-state index contributed by atoms with van der Waals surface area (Å²) in [5, 5.41) is 18.5. The van der Waals surface area contributed by atoms with E-state index >= 15 is 0 Å². The smallest absolute Gasteiger partial charge is 0.380 e. The summed E-state index contributed by atoms with van der Waals surface area (Å²) >= 11 is 0. The van der Waals surface area contributed by atoms with E-state index < -0.39 is 52.2 Å². The van der Waals surface area contributed by atoms with Crippen LogP contribution >= 0.6 is 0 Å². The van der Waals surface area contributed by atoms with Gasteiger partial charge >= 0.3 is 6.18 Å². The van der Waals surface area contributed by atoms with Crippen molar-refractivity contribution in [2.24, 2.45) is 0 Å². The quantitative estimate of drug-likeness (QED) is 0.733. The fourth-order valence-corrected chi connectivity index (χ4v) is 4.77. The molecule has 1 aliphatic rings. The zero-order valence-electron chi connectivity index (χ0n) is 15.9. The van der Waals surface area contributed by atoms with Crippen molar-refractivity contribution < 1.29 is 31.1 Å². The largest absolute Gasteiger partial charge is 0.417 e. The van der Waals surface area contributed by atoms with Crippen molar-refractivity contribution in [3.63, 3.8) is 0 Å². The third-order valence-electron chi connectivity index (χ3n) is 5.29. The minimum atomic E-state index is -4.82. The van der Waals surface area contributed by atoms with Crippen LogP contribution in [0.5, 0.6) is 0 Å². The van der Waals surface area contributed by atoms with Crippen LogP contribution in [0.25, 0.3) is 11.3 Å². The number of pyridine rings is 1. The van der Waals surface area contributed by atoms with Crippen LogP contribution in [-0.2, 0) is 10.0 Å². The highest BCUT2D eigenvalue weighted by atomic mass is 32.2. The second kappa shape index (κ2) is 7.30. The maximum absolute atomic E-state index is 13.5. The molecule has 0 saturated heterocycles. The summed E-state index contributed by atoms with van der Waals surface area (Å²) in [4.78, 5) is 3.77. The molecular formula is C19H17F4N3O3S. The van der Waals surface area contributed by atoms with Gasteiger partial charge in [0, 0.05) is 31.5 Å². The van der Waals surface area contributed by atoms with Crippen LogP contribution in [0.4, 0.5) is 17.6 Å². The fraction of sp³-hybridized carbons (Fsp3) is 0.368. The summed E-state index contributed by atoms with van der Waals surface area (Å²) in [6.45, 7) is 1.59. The number of aryl methyl sites for hydroxylation is 1. The van der Waals surface area contributed by atoms with E-state index in [-0.39, 0.29) is 10.6 Å². The lowest BCUT2D eigenvalue weighted by Crippen LogP contribution is -2.62. The van der Waals surface area contributed by atoms with Gasteiger partial charge in [-0.25, -0.2) is 17.8 Å². The van der Waals surface area contributed by atoms with E-state index in [0.717, 1.165) is 10.4 Å². The predicted octanol–water partition coefficient (Wildman–Crippen LogP) is 3.14. The van der Waals surface area contributed by atoms with E-state index in [4.69, 9.17) is 5.26 Å². The molecule has 1 saturated carbocycles. The van der Waals surface area contributed by atoms with Crippen LogP contribution in [0, 0.1) is 24.1 Å². The maximum Gasteiger partial charge on any atom is 0.417 e. The Bertz CT molecular complexity index is 1140. The van der Waals surface area contributed by atoms with Crippen molar-refractivity contribution in [3.8, 4) is 17.3 Å². The molecule has 11 heteroatoms. The molecule has 1 aliphatic carbocycles. The Kier molecular flexibility index (Phi) is 5.39. The Hall–Kier alpha value is -2.55. The number of nitrogens with zero attached hydrogens (tertiary/aromatic N) is 3. The molecule has 1 N–H and O–H groups in total. The number of rotatable bonds is 4. The average molecular weight is 443 g/mol. The van der Waals surface area contributed by atoms with Gasteiger partial charge in [-0.15, -0.1) is 0 Å². The molecule has 6 nitrogen and oxygen atoms in total. The Morgan fingerprint density at radius 1 is 1.27 bits per heavy atom. The first-order valence-electron chi connectivity index (χ1n) is 8.75. The van der Waals surface area contributed by atoms with E-state index in [1.165, 1.54) is 31.3 Å². The van der Waals surface area contributed by atoms with Crippen molar-refractivity contribution in [1.29, 1.82) is 5.26 Å². The highest BCUT2D eigenvalue weighted by Gasteiger charge is 2.62. The molecule has 30 heavy (non-hydrogen) atoms. The summed E-state index contributed by atoms with van der Waals surface area (Å²) in [5.41, 5.74) is -2.06. The van der Waals surface area contributed by atoms with E-state index in [1.807, 2.05) is 0 Å². The molecule has 0 amide bonds. The number of hydrogen-bond donors (Lipinski definition) is 1. The summed E-state index contributed by atoms with van der Waals surface area (Å²) in [7, 11) is -2.95. The number of hydrogen-bond acceptors (Lipinski definition) is 5. The molecule has 1 aromatic heterocycles. The van der Waals surface area contributed by atoms with E-state index in [0.29, 0.717) is 11.1 Å². The van der Waals surface area contributed by atoms with Crippen molar-refractivity contribution in [2.75, 3.05) is 7.05 Å². The third kappa shape index (κ3) is 3.66. The molecule has 0 aliphatic heterocycles. The first kappa shape index (κ1) is 22.1. The summed E-state index contributed by atoms with van der Waals surface area (Å²) < 4.78 is 78.4. The number of nitriles is 1. The van der Waals surface area contributed by atoms with Gasteiger partial charge in [0.2, 0.25) is 10.0 Å². The zero-order chi connectivity index (χ0) is 22.5. The van der Waals surface area contributed by atoms with Gasteiger partial charge in [0.05, 0.1) is 10.6 Å². The minimum Gasteiger partial charge on any atom is -0.380 e. The number of halogens is 4. The third-order valence-corrected chi connectivity index (χ3v) is 7.20. The lowest BCUT2D eigenvalue weighted by Gasteiger charge is -2.47. The van der Waals surface area contributed by atoms with Gasteiger partial charge in [-0.1, -0.05) is 6.07 Å². The molecule has 2 aromatic rings. The molecule has 160 valence electrons. The van der Waals surface area contributed by atoms with Gasteiger partial charge < -0.3 is 5.11 Å². The topological polar surface area (TPSA) is 94.3 Å². The first-order valence-corrected chi connectivity index (χ1v) is 10.2. The molecule has 3 rings (SSSR count). The number of benzene rings is 1. The molecule has 1 heterocycles. The Morgan fingerprint density at radius 2 is 1.90 bits per heavy atom. The van der Waals surface area contributed by atoms with E-state index in [2.05, 4.69) is 4.98 Å². The van der Waals surface area contributed by atoms with Crippen LogP contribution in [-0.4, -0.2) is 47.7 Å². The van der Waals surface area contributed by atoms with Crippen molar-refractivity contribution in [2.45, 2.75) is 42.5 Å². The SMILES string of the molecule is Cc1cc(S(=O)(=O)N(C)[C@H]2C[C@](O)(C(F)(F)F)C2)ccc1-c1ccc(F)c(C#N)n1. The number of aromatic nitrogens is 1. The molecule has 1 aromatic carbocycles. The second-order valence-electron chi connectivity index (χ2n) is 7.23. The van der Waals surface area contributed by atoms with Crippen LogP contribution < -0.4 is 0 Å². The lowest BCUT2D eigenvalue weighted by molar-refractivity contribution is -0.295. The van der Waals surface area contributed by atoms with Gasteiger partial charge in [0.1, 0.15) is 6.07 Å². The molecule has 0 bridgehead atoms. The van der Waals surface area contributed by atoms with Gasteiger partial charge in [0.15, 0.2) is 17.1 Å². The molecule has 0 spiro atoms. The Morgan fingerprint density at radius 3 is 2.43 bits per heavy atom. The van der Waals surface area contributed by atoms with E-state index in [1.54, 1.807) is 13.0 Å². The predicted molar refractivity (Wildman–Crippen MR) is 98.1 cm³/mol. The van der Waals surface area contributed by atoms with Gasteiger partial charge in [-0.3, -0.25) is 0 Å². The highest BCUT2D eigenvalue weighted by molar-refractivity contribution is 7.89. The normalized spacial score (nSPS) is 21.9. The Balaban J connectivity index is 1.86.